The molecule has 0 saturated heterocycles. The number of benzene rings is 3. The predicted octanol–water partition coefficient (Wildman–Crippen LogP) is 4.46. The van der Waals surface area contributed by atoms with E-state index in [9.17, 15) is 23.6 Å². The summed E-state index contributed by atoms with van der Waals surface area (Å²) >= 11 is 0. The molecule has 3 atom stereocenters. The number of para-hydroxylation sites is 2. The molecule has 11 nitrogen and oxygen atoms in total. The predicted molar refractivity (Wildman–Crippen MR) is 177 cm³/mol. The standard InChI is InChI=1S/C36H43FN4O7/c1-23(2)20-29-36(45)41(4)18-19-46-30-13-9-8-12-27(30)34(43)40-28(15-17-33(42)39-29)35(44)38-24(3)22-47-31-16-14-25(37)21-32(31)48-26-10-6-5-7-11-26/h5-14,16,21,23-24,28-29H,15,17-20,22H2,1-4H3,(H,38,44)(H,39,42)(H,40,43)/t24-,28+,29-/m1/s1. The molecule has 0 saturated carbocycles. The third kappa shape index (κ3) is 10.4. The Morgan fingerprint density at radius 3 is 2.48 bits per heavy atom. The first-order valence-electron chi connectivity index (χ1n) is 16.0. The van der Waals surface area contributed by atoms with Gasteiger partial charge in [-0.1, -0.05) is 44.2 Å². The van der Waals surface area contributed by atoms with Crippen molar-refractivity contribution in [2.45, 2.75) is 58.2 Å². The van der Waals surface area contributed by atoms with Crippen LogP contribution in [0.4, 0.5) is 4.39 Å². The molecular weight excluding hydrogens is 619 g/mol. The summed E-state index contributed by atoms with van der Waals surface area (Å²) in [7, 11) is 1.64. The van der Waals surface area contributed by atoms with Gasteiger partial charge in [0, 0.05) is 19.5 Å². The SMILES string of the molecule is CC(C)C[C@H]1NC(=O)CC[C@@H](C(=O)N[C@H](C)COc2ccc(F)cc2Oc2ccccc2)NC(=O)c2ccccc2OCCN(C)C1=O. The third-order valence-corrected chi connectivity index (χ3v) is 7.57. The number of hydrogen-bond acceptors (Lipinski definition) is 7. The molecule has 3 aromatic carbocycles. The van der Waals surface area contributed by atoms with Crippen molar-refractivity contribution in [3.8, 4) is 23.0 Å². The molecule has 12 heteroatoms. The Hall–Kier alpha value is -5.13. The van der Waals surface area contributed by atoms with Crippen LogP contribution in [0.3, 0.4) is 0 Å². The lowest BCUT2D eigenvalue weighted by atomic mass is 10.0. The summed E-state index contributed by atoms with van der Waals surface area (Å²) in [6.45, 7) is 5.98. The minimum atomic E-state index is -1.10. The van der Waals surface area contributed by atoms with Crippen LogP contribution in [-0.2, 0) is 14.4 Å². The van der Waals surface area contributed by atoms with Crippen molar-refractivity contribution in [3.05, 3.63) is 84.2 Å². The minimum Gasteiger partial charge on any atom is -0.491 e. The Kier molecular flexibility index (Phi) is 12.8. The van der Waals surface area contributed by atoms with Gasteiger partial charge < -0.3 is 35.1 Å². The van der Waals surface area contributed by atoms with Gasteiger partial charge in [0.15, 0.2) is 11.5 Å². The Labute approximate surface area is 280 Å². The Morgan fingerprint density at radius 1 is 1.00 bits per heavy atom. The normalized spacial score (nSPS) is 18.3. The van der Waals surface area contributed by atoms with Crippen molar-refractivity contribution < 1.29 is 37.8 Å². The zero-order valence-corrected chi connectivity index (χ0v) is 27.7. The highest BCUT2D eigenvalue weighted by molar-refractivity contribution is 6.00. The van der Waals surface area contributed by atoms with E-state index >= 15 is 0 Å². The average molecular weight is 663 g/mol. The maximum absolute atomic E-state index is 14.0. The largest absolute Gasteiger partial charge is 0.491 e. The number of nitrogens with one attached hydrogen (secondary N) is 3. The van der Waals surface area contributed by atoms with Crippen LogP contribution in [0.1, 0.15) is 50.4 Å². The smallest absolute Gasteiger partial charge is 0.255 e. The second kappa shape index (κ2) is 17.1. The quantitative estimate of drug-likeness (QED) is 0.308. The van der Waals surface area contributed by atoms with E-state index in [1.54, 1.807) is 62.5 Å². The lowest BCUT2D eigenvalue weighted by molar-refractivity contribution is -0.136. The lowest BCUT2D eigenvalue weighted by Gasteiger charge is -2.26. The van der Waals surface area contributed by atoms with Gasteiger partial charge in [-0.25, -0.2) is 4.39 Å². The number of ether oxygens (including phenoxy) is 3. The number of carbonyl (C=O) groups is 4. The fraction of sp³-hybridized carbons (Fsp3) is 0.389. The molecule has 1 heterocycles. The van der Waals surface area contributed by atoms with Gasteiger partial charge in [-0.05, 0) is 62.1 Å². The molecule has 256 valence electrons. The molecule has 0 bridgehead atoms. The van der Waals surface area contributed by atoms with Gasteiger partial charge >= 0.3 is 0 Å². The van der Waals surface area contributed by atoms with E-state index in [-0.39, 0.29) is 61.5 Å². The van der Waals surface area contributed by atoms with Crippen LogP contribution < -0.4 is 30.2 Å². The van der Waals surface area contributed by atoms with Gasteiger partial charge in [0.2, 0.25) is 17.7 Å². The highest BCUT2D eigenvalue weighted by Crippen LogP contribution is 2.32. The first-order valence-corrected chi connectivity index (χ1v) is 16.0. The van der Waals surface area contributed by atoms with Gasteiger partial charge in [0.05, 0.1) is 18.2 Å². The van der Waals surface area contributed by atoms with Crippen molar-refractivity contribution in [2.75, 3.05) is 26.8 Å². The molecular formula is C36H43FN4O7. The van der Waals surface area contributed by atoms with Crippen LogP contribution in [0.2, 0.25) is 0 Å². The maximum Gasteiger partial charge on any atom is 0.255 e. The summed E-state index contributed by atoms with van der Waals surface area (Å²) < 4.78 is 31.6. The maximum atomic E-state index is 14.0. The van der Waals surface area contributed by atoms with Gasteiger partial charge in [-0.15, -0.1) is 0 Å². The fourth-order valence-corrected chi connectivity index (χ4v) is 5.08. The molecule has 1 aliphatic heterocycles. The van der Waals surface area contributed by atoms with Crippen molar-refractivity contribution in [1.29, 1.82) is 0 Å². The van der Waals surface area contributed by atoms with Crippen LogP contribution in [0.25, 0.3) is 0 Å². The molecule has 0 fully saturated rings. The van der Waals surface area contributed by atoms with Crippen LogP contribution in [-0.4, -0.2) is 73.5 Å². The van der Waals surface area contributed by atoms with Gasteiger partial charge in [0.25, 0.3) is 5.91 Å². The highest BCUT2D eigenvalue weighted by atomic mass is 19.1. The van der Waals surface area contributed by atoms with Crippen LogP contribution in [0.15, 0.2) is 72.8 Å². The van der Waals surface area contributed by atoms with E-state index in [4.69, 9.17) is 14.2 Å². The molecule has 4 rings (SSSR count). The number of carbonyl (C=O) groups excluding carboxylic acids is 4. The zero-order valence-electron chi connectivity index (χ0n) is 27.7. The van der Waals surface area contributed by atoms with Crippen molar-refractivity contribution in [1.82, 2.24) is 20.9 Å². The Bertz CT molecular complexity index is 1570. The molecule has 3 N–H and O–H groups in total. The number of likely N-dealkylation sites (N-methyl/N-ethyl adjacent to an activating group) is 1. The lowest BCUT2D eigenvalue weighted by Crippen LogP contribution is -2.51. The van der Waals surface area contributed by atoms with E-state index in [1.807, 2.05) is 19.9 Å². The monoisotopic (exact) mass is 662 g/mol. The number of fused-ring (bicyclic) bond motifs is 1. The number of halogens is 1. The van der Waals surface area contributed by atoms with Crippen LogP contribution in [0.5, 0.6) is 23.0 Å². The summed E-state index contributed by atoms with van der Waals surface area (Å²) in [5.74, 6) is -0.892. The van der Waals surface area contributed by atoms with Gasteiger partial charge in [0.1, 0.15) is 42.6 Å². The first-order chi connectivity index (χ1) is 23.0. The first kappa shape index (κ1) is 35.7. The summed E-state index contributed by atoms with van der Waals surface area (Å²) in [6, 6.07) is 17.0. The molecule has 3 aromatic rings. The summed E-state index contributed by atoms with van der Waals surface area (Å²) in [5, 5.41) is 8.41. The number of hydrogen-bond donors (Lipinski definition) is 3. The highest BCUT2D eigenvalue weighted by Gasteiger charge is 2.29. The number of nitrogens with zero attached hydrogens (tertiary/aromatic N) is 1. The van der Waals surface area contributed by atoms with E-state index in [1.165, 1.54) is 23.1 Å². The topological polar surface area (TPSA) is 135 Å². The Balaban J connectivity index is 1.48. The molecule has 0 unspecified atom stereocenters. The number of amides is 4. The third-order valence-electron chi connectivity index (χ3n) is 7.57. The molecule has 0 radical (unpaired) electrons. The van der Waals surface area contributed by atoms with E-state index in [0.29, 0.717) is 17.9 Å². The van der Waals surface area contributed by atoms with Gasteiger partial charge in [-0.3, -0.25) is 19.2 Å². The fourth-order valence-electron chi connectivity index (χ4n) is 5.08. The summed E-state index contributed by atoms with van der Waals surface area (Å²) in [6.07, 6.45) is 0.275. The summed E-state index contributed by atoms with van der Waals surface area (Å²) in [5.41, 5.74) is 0.208. The van der Waals surface area contributed by atoms with Crippen molar-refractivity contribution >= 4 is 23.6 Å². The van der Waals surface area contributed by atoms with Crippen molar-refractivity contribution in [2.24, 2.45) is 5.92 Å². The number of rotatable bonds is 9. The molecule has 48 heavy (non-hydrogen) atoms. The molecule has 0 aliphatic carbocycles. The van der Waals surface area contributed by atoms with Crippen LogP contribution in [0, 0.1) is 11.7 Å². The van der Waals surface area contributed by atoms with Gasteiger partial charge in [-0.2, -0.15) is 0 Å². The van der Waals surface area contributed by atoms with E-state index in [2.05, 4.69) is 16.0 Å². The zero-order chi connectivity index (χ0) is 34.6. The molecule has 4 amide bonds. The second-order valence-corrected chi connectivity index (χ2v) is 12.1. The molecule has 0 spiro atoms. The molecule has 1 aliphatic rings. The van der Waals surface area contributed by atoms with E-state index < -0.39 is 41.7 Å². The van der Waals surface area contributed by atoms with Crippen LogP contribution >= 0.6 is 0 Å². The average Bonchev–Trinajstić information content (AvgIpc) is 3.05. The molecule has 0 aromatic heterocycles. The van der Waals surface area contributed by atoms with Crippen molar-refractivity contribution in [3.63, 3.8) is 0 Å². The second-order valence-electron chi connectivity index (χ2n) is 12.1. The summed E-state index contributed by atoms with van der Waals surface area (Å²) in [4.78, 5) is 54.8. The minimum absolute atomic E-state index is 0.00708. The Morgan fingerprint density at radius 2 is 1.73 bits per heavy atom. The van der Waals surface area contributed by atoms with E-state index in [0.717, 1.165) is 0 Å².